The Kier molecular flexibility index (Phi) is 3.65. The van der Waals surface area contributed by atoms with Gasteiger partial charge in [0.15, 0.2) is 0 Å². The average molecular weight is 251 g/mol. The van der Waals surface area contributed by atoms with E-state index in [0.717, 1.165) is 18.5 Å². The summed E-state index contributed by atoms with van der Waals surface area (Å²) in [6.45, 7) is 5.94. The van der Waals surface area contributed by atoms with Crippen LogP contribution in [0, 0.1) is 5.92 Å². The van der Waals surface area contributed by atoms with E-state index in [0.29, 0.717) is 6.04 Å². The lowest BCUT2D eigenvalue weighted by Crippen LogP contribution is -2.53. The molecule has 3 unspecified atom stereocenters. The molecule has 2 saturated carbocycles. The van der Waals surface area contributed by atoms with Crippen molar-refractivity contribution in [3.63, 3.8) is 0 Å². The minimum atomic E-state index is 0.0741. The van der Waals surface area contributed by atoms with Gasteiger partial charge in [-0.05, 0) is 38.0 Å². The molecule has 1 aliphatic heterocycles. The molecule has 3 atom stereocenters. The van der Waals surface area contributed by atoms with Crippen LogP contribution in [0.3, 0.4) is 0 Å². The molecular formula is C15H29N3. The maximum absolute atomic E-state index is 6.56. The van der Waals surface area contributed by atoms with Gasteiger partial charge in [0.25, 0.3) is 0 Å². The Bertz CT molecular complexity index is 289. The monoisotopic (exact) mass is 251 g/mol. The van der Waals surface area contributed by atoms with Crippen molar-refractivity contribution in [1.29, 1.82) is 0 Å². The summed E-state index contributed by atoms with van der Waals surface area (Å²) < 4.78 is 0. The van der Waals surface area contributed by atoms with Crippen LogP contribution in [0.15, 0.2) is 0 Å². The SMILES string of the molecule is CC1CCCC(N)(CNC2CCN(C3CC3)C2)C1. The lowest BCUT2D eigenvalue weighted by atomic mass is 9.77. The summed E-state index contributed by atoms with van der Waals surface area (Å²) in [5.74, 6) is 0.817. The first-order valence-corrected chi connectivity index (χ1v) is 7.91. The maximum Gasteiger partial charge on any atom is 0.0283 e. The lowest BCUT2D eigenvalue weighted by molar-refractivity contribution is 0.221. The summed E-state index contributed by atoms with van der Waals surface area (Å²) in [6.07, 6.45) is 9.30. The second kappa shape index (κ2) is 5.10. The summed E-state index contributed by atoms with van der Waals surface area (Å²) >= 11 is 0. The summed E-state index contributed by atoms with van der Waals surface area (Å²) in [5.41, 5.74) is 6.63. The van der Waals surface area contributed by atoms with Gasteiger partial charge in [-0.1, -0.05) is 19.8 Å². The van der Waals surface area contributed by atoms with E-state index in [4.69, 9.17) is 5.73 Å². The van der Waals surface area contributed by atoms with Crippen molar-refractivity contribution in [3.8, 4) is 0 Å². The highest BCUT2D eigenvalue weighted by molar-refractivity contribution is 4.96. The smallest absolute Gasteiger partial charge is 0.0283 e. The molecule has 0 bridgehead atoms. The fourth-order valence-electron chi connectivity index (χ4n) is 3.93. The van der Waals surface area contributed by atoms with Crippen LogP contribution < -0.4 is 11.1 Å². The second-order valence-electron chi connectivity index (χ2n) is 7.16. The van der Waals surface area contributed by atoms with E-state index in [1.807, 2.05) is 0 Å². The van der Waals surface area contributed by atoms with Gasteiger partial charge in [0.2, 0.25) is 0 Å². The molecule has 1 saturated heterocycles. The minimum Gasteiger partial charge on any atom is -0.324 e. The van der Waals surface area contributed by atoms with Crippen LogP contribution in [0.25, 0.3) is 0 Å². The lowest BCUT2D eigenvalue weighted by Gasteiger charge is -2.37. The van der Waals surface area contributed by atoms with E-state index in [1.165, 1.54) is 58.0 Å². The van der Waals surface area contributed by atoms with Crippen LogP contribution in [0.4, 0.5) is 0 Å². The molecule has 104 valence electrons. The quantitative estimate of drug-likeness (QED) is 0.799. The van der Waals surface area contributed by atoms with E-state index >= 15 is 0 Å². The molecule has 2 aliphatic carbocycles. The van der Waals surface area contributed by atoms with E-state index in [9.17, 15) is 0 Å². The third kappa shape index (κ3) is 3.06. The van der Waals surface area contributed by atoms with Gasteiger partial charge in [-0.15, -0.1) is 0 Å². The van der Waals surface area contributed by atoms with Crippen molar-refractivity contribution in [1.82, 2.24) is 10.2 Å². The molecule has 3 nitrogen and oxygen atoms in total. The Morgan fingerprint density at radius 1 is 1.28 bits per heavy atom. The van der Waals surface area contributed by atoms with Crippen molar-refractivity contribution in [2.45, 2.75) is 69.5 Å². The average Bonchev–Trinajstić information content (AvgIpc) is 3.06. The van der Waals surface area contributed by atoms with Gasteiger partial charge >= 0.3 is 0 Å². The molecule has 0 aromatic heterocycles. The molecule has 0 aromatic carbocycles. The van der Waals surface area contributed by atoms with E-state index in [2.05, 4.69) is 17.1 Å². The summed E-state index contributed by atoms with van der Waals surface area (Å²) in [4.78, 5) is 2.67. The van der Waals surface area contributed by atoms with E-state index < -0.39 is 0 Å². The number of hydrogen-bond acceptors (Lipinski definition) is 3. The summed E-state index contributed by atoms with van der Waals surface area (Å²) in [5, 5.41) is 3.76. The number of rotatable bonds is 4. The normalized spacial score (nSPS) is 42.3. The zero-order chi connectivity index (χ0) is 12.6. The largest absolute Gasteiger partial charge is 0.324 e. The van der Waals surface area contributed by atoms with Crippen LogP contribution in [0.5, 0.6) is 0 Å². The van der Waals surface area contributed by atoms with Gasteiger partial charge in [-0.25, -0.2) is 0 Å². The highest BCUT2D eigenvalue weighted by atomic mass is 15.2. The van der Waals surface area contributed by atoms with Gasteiger partial charge in [0.05, 0.1) is 0 Å². The third-order valence-electron chi connectivity index (χ3n) is 5.15. The molecule has 3 heteroatoms. The molecule has 3 rings (SSSR count). The van der Waals surface area contributed by atoms with Crippen LogP contribution in [0.2, 0.25) is 0 Å². The number of likely N-dealkylation sites (tertiary alicyclic amines) is 1. The number of nitrogens with zero attached hydrogens (tertiary/aromatic N) is 1. The Morgan fingerprint density at radius 2 is 2.11 bits per heavy atom. The molecule has 3 aliphatic rings. The highest BCUT2D eigenvalue weighted by Gasteiger charge is 2.36. The van der Waals surface area contributed by atoms with Gasteiger partial charge in [0, 0.05) is 37.3 Å². The summed E-state index contributed by atoms with van der Waals surface area (Å²) in [6, 6.07) is 1.63. The first-order chi connectivity index (χ1) is 8.65. The zero-order valence-electron chi connectivity index (χ0n) is 11.8. The van der Waals surface area contributed by atoms with Crippen LogP contribution in [-0.2, 0) is 0 Å². The Balaban J connectivity index is 1.43. The van der Waals surface area contributed by atoms with Crippen molar-refractivity contribution in [2.75, 3.05) is 19.6 Å². The van der Waals surface area contributed by atoms with Gasteiger partial charge in [-0.3, -0.25) is 4.90 Å². The molecule has 3 fully saturated rings. The fraction of sp³-hybridized carbons (Fsp3) is 1.00. The standard InChI is InChI=1S/C15H29N3/c1-12-3-2-7-15(16,9-12)11-17-13-6-8-18(10-13)14-4-5-14/h12-14,17H,2-11,16H2,1H3. The van der Waals surface area contributed by atoms with Crippen molar-refractivity contribution in [3.05, 3.63) is 0 Å². The Hall–Kier alpha value is -0.120. The maximum atomic E-state index is 6.56. The van der Waals surface area contributed by atoms with Crippen molar-refractivity contribution >= 4 is 0 Å². The second-order valence-corrected chi connectivity index (χ2v) is 7.16. The predicted octanol–water partition coefficient (Wildman–Crippen LogP) is 1.72. The van der Waals surface area contributed by atoms with Gasteiger partial charge in [0.1, 0.15) is 0 Å². The van der Waals surface area contributed by atoms with Gasteiger partial charge < -0.3 is 11.1 Å². The molecule has 18 heavy (non-hydrogen) atoms. The fourth-order valence-corrected chi connectivity index (χ4v) is 3.93. The number of hydrogen-bond donors (Lipinski definition) is 2. The predicted molar refractivity (Wildman–Crippen MR) is 75.6 cm³/mol. The zero-order valence-corrected chi connectivity index (χ0v) is 11.8. The first kappa shape index (κ1) is 12.9. The van der Waals surface area contributed by atoms with Crippen molar-refractivity contribution in [2.24, 2.45) is 11.7 Å². The third-order valence-corrected chi connectivity index (χ3v) is 5.15. The topological polar surface area (TPSA) is 41.3 Å². The molecule has 0 spiro atoms. The first-order valence-electron chi connectivity index (χ1n) is 7.91. The Labute approximate surface area is 111 Å². The molecule has 3 N–H and O–H groups in total. The molecule has 0 amide bonds. The summed E-state index contributed by atoms with van der Waals surface area (Å²) in [7, 11) is 0. The Morgan fingerprint density at radius 3 is 2.83 bits per heavy atom. The van der Waals surface area contributed by atoms with Gasteiger partial charge in [-0.2, -0.15) is 0 Å². The molecule has 0 radical (unpaired) electrons. The molecular weight excluding hydrogens is 222 g/mol. The van der Waals surface area contributed by atoms with Crippen LogP contribution >= 0.6 is 0 Å². The van der Waals surface area contributed by atoms with Crippen LogP contribution in [0.1, 0.15) is 51.9 Å². The van der Waals surface area contributed by atoms with Crippen LogP contribution in [-0.4, -0.2) is 42.2 Å². The van der Waals surface area contributed by atoms with Crippen molar-refractivity contribution < 1.29 is 0 Å². The molecule has 1 heterocycles. The van der Waals surface area contributed by atoms with E-state index in [-0.39, 0.29) is 5.54 Å². The number of nitrogens with two attached hydrogens (primary N) is 1. The highest BCUT2D eigenvalue weighted by Crippen LogP contribution is 2.31. The molecule has 0 aromatic rings. The minimum absolute atomic E-state index is 0.0741. The van der Waals surface area contributed by atoms with E-state index in [1.54, 1.807) is 0 Å². The number of nitrogens with one attached hydrogen (secondary N) is 1.